The van der Waals surface area contributed by atoms with Crippen LogP contribution in [0.4, 0.5) is 11.9 Å². The first-order valence-electron chi connectivity index (χ1n) is 6.64. The summed E-state index contributed by atoms with van der Waals surface area (Å²) in [5.41, 5.74) is 5.71. The van der Waals surface area contributed by atoms with Gasteiger partial charge in [-0.05, 0) is 25.3 Å². The zero-order valence-electron chi connectivity index (χ0n) is 11.7. The number of ether oxygens (including phenoxy) is 1. The summed E-state index contributed by atoms with van der Waals surface area (Å²) in [7, 11) is 0. The van der Waals surface area contributed by atoms with Crippen LogP contribution in [0, 0.1) is 0 Å². The highest BCUT2D eigenvalue weighted by molar-refractivity contribution is 7.09. The standard InChI is InChI=1S/C13H19N5OS/c1-3-18(4-2)12-15-11(14)16-13(17-12)19-8-7-10-6-5-9-20-10/h5-6,9H,3-4,7-8H2,1-2H3,(H2,14,15,16,17). The Morgan fingerprint density at radius 3 is 2.70 bits per heavy atom. The molecule has 2 heterocycles. The first-order valence-corrected chi connectivity index (χ1v) is 7.52. The van der Waals surface area contributed by atoms with E-state index in [0.29, 0.717) is 12.6 Å². The van der Waals surface area contributed by atoms with Crippen LogP contribution in [-0.4, -0.2) is 34.6 Å². The molecule has 0 aliphatic carbocycles. The molecule has 0 unspecified atom stereocenters. The fraction of sp³-hybridized carbons (Fsp3) is 0.462. The topological polar surface area (TPSA) is 77.2 Å². The van der Waals surface area contributed by atoms with Gasteiger partial charge in [0, 0.05) is 24.4 Å². The highest BCUT2D eigenvalue weighted by Gasteiger charge is 2.10. The Kier molecular flexibility index (Phi) is 5.11. The maximum Gasteiger partial charge on any atom is 0.323 e. The lowest BCUT2D eigenvalue weighted by Gasteiger charge is -2.18. The molecular weight excluding hydrogens is 274 g/mol. The Morgan fingerprint density at radius 2 is 2.05 bits per heavy atom. The molecule has 0 aliphatic heterocycles. The number of nitrogens with two attached hydrogens (primary N) is 1. The summed E-state index contributed by atoms with van der Waals surface area (Å²) < 4.78 is 5.58. The van der Waals surface area contributed by atoms with Gasteiger partial charge in [-0.25, -0.2) is 0 Å². The van der Waals surface area contributed by atoms with E-state index in [1.54, 1.807) is 11.3 Å². The number of hydrogen-bond acceptors (Lipinski definition) is 7. The van der Waals surface area contributed by atoms with E-state index in [0.717, 1.165) is 19.5 Å². The summed E-state index contributed by atoms with van der Waals surface area (Å²) >= 11 is 1.71. The van der Waals surface area contributed by atoms with Gasteiger partial charge in [-0.1, -0.05) is 6.07 Å². The first kappa shape index (κ1) is 14.5. The minimum Gasteiger partial charge on any atom is -0.463 e. The summed E-state index contributed by atoms with van der Waals surface area (Å²) in [5, 5.41) is 2.05. The molecule has 2 N–H and O–H groups in total. The van der Waals surface area contributed by atoms with Gasteiger partial charge in [-0.3, -0.25) is 0 Å². The van der Waals surface area contributed by atoms with E-state index < -0.39 is 0 Å². The molecule has 0 spiro atoms. The predicted octanol–water partition coefficient (Wildman–Crippen LogP) is 1.98. The molecule has 6 nitrogen and oxygen atoms in total. The van der Waals surface area contributed by atoms with Gasteiger partial charge in [0.1, 0.15) is 0 Å². The molecule has 2 rings (SSSR count). The van der Waals surface area contributed by atoms with Crippen molar-refractivity contribution in [3.63, 3.8) is 0 Å². The molecule has 108 valence electrons. The lowest BCUT2D eigenvalue weighted by atomic mass is 10.4. The average molecular weight is 293 g/mol. The predicted molar refractivity (Wildman–Crippen MR) is 81.3 cm³/mol. The Morgan fingerprint density at radius 1 is 1.25 bits per heavy atom. The number of nitrogens with zero attached hydrogens (tertiary/aromatic N) is 4. The molecule has 0 bridgehead atoms. The van der Waals surface area contributed by atoms with Crippen molar-refractivity contribution in [3.8, 4) is 6.01 Å². The van der Waals surface area contributed by atoms with Crippen LogP contribution in [-0.2, 0) is 6.42 Å². The number of nitrogen functional groups attached to an aromatic ring is 1. The fourth-order valence-electron chi connectivity index (χ4n) is 1.77. The second-order valence-electron chi connectivity index (χ2n) is 4.13. The van der Waals surface area contributed by atoms with Crippen LogP contribution in [0.1, 0.15) is 18.7 Å². The summed E-state index contributed by atoms with van der Waals surface area (Å²) in [4.78, 5) is 15.7. The highest BCUT2D eigenvalue weighted by Crippen LogP contribution is 2.14. The minimum absolute atomic E-state index is 0.188. The molecule has 0 aromatic carbocycles. The van der Waals surface area contributed by atoms with Crippen molar-refractivity contribution >= 4 is 23.2 Å². The SMILES string of the molecule is CCN(CC)c1nc(N)nc(OCCc2cccs2)n1. The maximum atomic E-state index is 5.71. The van der Waals surface area contributed by atoms with Crippen LogP contribution in [0.15, 0.2) is 17.5 Å². The number of aromatic nitrogens is 3. The van der Waals surface area contributed by atoms with Crippen molar-refractivity contribution in [3.05, 3.63) is 22.4 Å². The summed E-state index contributed by atoms with van der Waals surface area (Å²) in [6, 6.07) is 4.40. The Labute approximate surface area is 122 Å². The molecule has 0 aliphatic rings. The highest BCUT2D eigenvalue weighted by atomic mass is 32.1. The van der Waals surface area contributed by atoms with Gasteiger partial charge in [0.05, 0.1) is 6.61 Å². The van der Waals surface area contributed by atoms with E-state index in [1.807, 2.05) is 24.8 Å². The van der Waals surface area contributed by atoms with Crippen molar-refractivity contribution in [2.45, 2.75) is 20.3 Å². The number of thiophene rings is 1. The van der Waals surface area contributed by atoms with E-state index >= 15 is 0 Å². The van der Waals surface area contributed by atoms with E-state index in [2.05, 4.69) is 26.4 Å². The van der Waals surface area contributed by atoms with Gasteiger partial charge >= 0.3 is 6.01 Å². The normalized spacial score (nSPS) is 10.5. The third-order valence-corrected chi connectivity index (χ3v) is 3.76. The molecule has 2 aromatic heterocycles. The van der Waals surface area contributed by atoms with Gasteiger partial charge in [0.25, 0.3) is 0 Å². The first-order chi connectivity index (χ1) is 9.72. The molecular formula is C13H19N5OS. The largest absolute Gasteiger partial charge is 0.463 e. The third kappa shape index (κ3) is 3.80. The van der Waals surface area contributed by atoms with Gasteiger partial charge in [0.15, 0.2) is 0 Å². The monoisotopic (exact) mass is 293 g/mol. The molecule has 0 saturated heterocycles. The maximum absolute atomic E-state index is 5.71. The molecule has 2 aromatic rings. The van der Waals surface area contributed by atoms with Crippen LogP contribution in [0.25, 0.3) is 0 Å². The minimum atomic E-state index is 0.188. The molecule has 0 saturated carbocycles. The summed E-state index contributed by atoms with van der Waals surface area (Å²) in [6.07, 6.45) is 0.837. The van der Waals surface area contributed by atoms with Gasteiger partial charge < -0.3 is 15.4 Å². The van der Waals surface area contributed by atoms with E-state index in [9.17, 15) is 0 Å². The van der Waals surface area contributed by atoms with Gasteiger partial charge in [-0.15, -0.1) is 11.3 Å². The van der Waals surface area contributed by atoms with Crippen LogP contribution < -0.4 is 15.4 Å². The zero-order valence-corrected chi connectivity index (χ0v) is 12.6. The lowest BCUT2D eigenvalue weighted by Crippen LogP contribution is -2.25. The van der Waals surface area contributed by atoms with Crippen molar-refractivity contribution in [2.24, 2.45) is 0 Å². The second kappa shape index (κ2) is 7.04. The van der Waals surface area contributed by atoms with Crippen LogP contribution in [0.3, 0.4) is 0 Å². The van der Waals surface area contributed by atoms with Crippen molar-refractivity contribution in [2.75, 3.05) is 30.3 Å². The van der Waals surface area contributed by atoms with Crippen molar-refractivity contribution in [1.29, 1.82) is 0 Å². The second-order valence-corrected chi connectivity index (χ2v) is 5.16. The fourth-order valence-corrected chi connectivity index (χ4v) is 2.46. The summed E-state index contributed by atoms with van der Waals surface area (Å²) in [6.45, 7) is 6.24. The average Bonchev–Trinajstić information content (AvgIpc) is 2.93. The smallest absolute Gasteiger partial charge is 0.323 e. The number of anilines is 2. The quantitative estimate of drug-likeness (QED) is 0.841. The zero-order chi connectivity index (χ0) is 14.4. The van der Waals surface area contributed by atoms with Crippen LogP contribution in [0.2, 0.25) is 0 Å². The Balaban J connectivity index is 2.00. The van der Waals surface area contributed by atoms with E-state index in [-0.39, 0.29) is 12.0 Å². The van der Waals surface area contributed by atoms with Gasteiger partial charge in [0.2, 0.25) is 11.9 Å². The third-order valence-electron chi connectivity index (χ3n) is 2.83. The van der Waals surface area contributed by atoms with E-state index in [4.69, 9.17) is 10.5 Å². The molecule has 0 fully saturated rings. The molecule has 0 radical (unpaired) electrons. The molecule has 0 amide bonds. The van der Waals surface area contributed by atoms with Crippen molar-refractivity contribution in [1.82, 2.24) is 15.0 Å². The molecule has 20 heavy (non-hydrogen) atoms. The number of rotatable bonds is 7. The van der Waals surface area contributed by atoms with Gasteiger partial charge in [-0.2, -0.15) is 15.0 Å². The Bertz CT molecular complexity index is 528. The van der Waals surface area contributed by atoms with E-state index in [1.165, 1.54) is 4.88 Å². The lowest BCUT2D eigenvalue weighted by molar-refractivity contribution is 0.297. The Hall–Kier alpha value is -1.89. The summed E-state index contributed by atoms with van der Waals surface area (Å²) in [5.74, 6) is 0.752. The van der Waals surface area contributed by atoms with Crippen LogP contribution in [0.5, 0.6) is 6.01 Å². The van der Waals surface area contributed by atoms with Crippen molar-refractivity contribution < 1.29 is 4.74 Å². The molecule has 7 heteroatoms. The molecule has 0 atom stereocenters. The number of hydrogen-bond donors (Lipinski definition) is 1. The van der Waals surface area contributed by atoms with Crippen LogP contribution >= 0.6 is 11.3 Å².